The van der Waals surface area contributed by atoms with Crippen molar-refractivity contribution in [1.82, 2.24) is 0 Å². The van der Waals surface area contributed by atoms with Crippen LogP contribution in [0.1, 0.15) is 30.0 Å². The largest absolute Gasteiger partial charge is 0.508 e. The molecule has 2 aromatic rings. The Morgan fingerprint density at radius 3 is 2.35 bits per heavy atom. The van der Waals surface area contributed by atoms with E-state index in [1.165, 1.54) is 10.5 Å². The van der Waals surface area contributed by atoms with Gasteiger partial charge in [0.05, 0.1) is 0 Å². The van der Waals surface area contributed by atoms with Gasteiger partial charge < -0.3 is 10.8 Å². The highest BCUT2D eigenvalue weighted by Gasteiger charge is 2.05. The number of phenols is 1. The van der Waals surface area contributed by atoms with E-state index in [0.29, 0.717) is 0 Å². The van der Waals surface area contributed by atoms with Gasteiger partial charge in [-0.2, -0.15) is 0 Å². The fraction of sp³-hybridized carbons (Fsp3) is 0.294. The number of aryl methyl sites for hydroxylation is 1. The zero-order valence-electron chi connectivity index (χ0n) is 11.8. The second-order valence-corrected chi connectivity index (χ2v) is 6.17. The van der Waals surface area contributed by atoms with E-state index in [-0.39, 0.29) is 11.8 Å². The number of hydrogen-bond donors (Lipinski definition) is 2. The molecule has 2 aromatic carbocycles. The Balaban J connectivity index is 1.72. The SMILES string of the molecule is Cc1ccc(SCCCC(N)c2ccc(O)cc2)cc1. The second kappa shape index (κ2) is 7.36. The molecule has 106 valence electrons. The normalized spacial score (nSPS) is 12.3. The van der Waals surface area contributed by atoms with Crippen molar-refractivity contribution in [2.75, 3.05) is 5.75 Å². The molecule has 0 heterocycles. The molecule has 2 rings (SSSR count). The maximum absolute atomic E-state index is 9.25. The lowest BCUT2D eigenvalue weighted by atomic mass is 10.0. The van der Waals surface area contributed by atoms with Gasteiger partial charge in [0.2, 0.25) is 0 Å². The summed E-state index contributed by atoms with van der Waals surface area (Å²) in [6.07, 6.45) is 2.05. The molecule has 1 atom stereocenters. The van der Waals surface area contributed by atoms with Gasteiger partial charge in [-0.15, -0.1) is 11.8 Å². The molecular weight excluding hydrogens is 266 g/mol. The first kappa shape index (κ1) is 14.9. The molecule has 0 aromatic heterocycles. The molecule has 20 heavy (non-hydrogen) atoms. The van der Waals surface area contributed by atoms with Crippen LogP contribution < -0.4 is 5.73 Å². The van der Waals surface area contributed by atoms with Gasteiger partial charge in [-0.1, -0.05) is 29.8 Å². The van der Waals surface area contributed by atoms with E-state index >= 15 is 0 Å². The summed E-state index contributed by atoms with van der Waals surface area (Å²) in [6, 6.07) is 15.8. The Morgan fingerprint density at radius 2 is 1.70 bits per heavy atom. The number of phenolic OH excluding ortho intramolecular Hbond substituents is 1. The van der Waals surface area contributed by atoms with Crippen molar-refractivity contribution in [3.8, 4) is 5.75 Å². The summed E-state index contributed by atoms with van der Waals surface area (Å²) >= 11 is 1.87. The van der Waals surface area contributed by atoms with Gasteiger partial charge >= 0.3 is 0 Å². The van der Waals surface area contributed by atoms with Crippen LogP contribution in [0.15, 0.2) is 53.4 Å². The Bertz CT molecular complexity index is 522. The van der Waals surface area contributed by atoms with Crippen LogP contribution in [0.3, 0.4) is 0 Å². The molecule has 0 saturated heterocycles. The van der Waals surface area contributed by atoms with Crippen molar-refractivity contribution < 1.29 is 5.11 Å². The molecule has 0 aliphatic rings. The Labute approximate surface area is 125 Å². The summed E-state index contributed by atoms with van der Waals surface area (Å²) in [6.45, 7) is 2.10. The smallest absolute Gasteiger partial charge is 0.115 e. The van der Waals surface area contributed by atoms with E-state index in [0.717, 1.165) is 24.2 Å². The fourth-order valence-corrected chi connectivity index (χ4v) is 2.89. The summed E-state index contributed by atoms with van der Waals surface area (Å²) in [5, 5.41) is 9.25. The predicted molar refractivity (Wildman–Crippen MR) is 86.2 cm³/mol. The summed E-state index contributed by atoms with van der Waals surface area (Å²) < 4.78 is 0. The molecule has 0 saturated carbocycles. The van der Waals surface area contributed by atoms with Gasteiger partial charge in [-0.05, 0) is 55.3 Å². The monoisotopic (exact) mass is 287 g/mol. The van der Waals surface area contributed by atoms with Crippen LogP contribution >= 0.6 is 11.8 Å². The van der Waals surface area contributed by atoms with Gasteiger partial charge in [-0.25, -0.2) is 0 Å². The highest BCUT2D eigenvalue weighted by Crippen LogP contribution is 2.23. The lowest BCUT2D eigenvalue weighted by Gasteiger charge is -2.11. The van der Waals surface area contributed by atoms with Crippen molar-refractivity contribution in [2.45, 2.75) is 30.7 Å². The van der Waals surface area contributed by atoms with Crippen molar-refractivity contribution in [3.05, 3.63) is 59.7 Å². The Morgan fingerprint density at radius 1 is 1.05 bits per heavy atom. The molecule has 0 fully saturated rings. The zero-order valence-corrected chi connectivity index (χ0v) is 12.6. The van der Waals surface area contributed by atoms with Gasteiger partial charge in [0.1, 0.15) is 5.75 Å². The quantitative estimate of drug-likeness (QED) is 0.616. The number of nitrogens with two attached hydrogens (primary N) is 1. The molecule has 0 spiro atoms. The number of hydrogen-bond acceptors (Lipinski definition) is 3. The molecular formula is C17H21NOS. The third kappa shape index (κ3) is 4.58. The standard InChI is InChI=1S/C17H21NOS/c1-13-4-10-16(11-5-13)20-12-2-3-17(18)14-6-8-15(19)9-7-14/h4-11,17,19H,2-3,12,18H2,1H3. The van der Waals surface area contributed by atoms with Crippen LogP contribution in [0.2, 0.25) is 0 Å². The highest BCUT2D eigenvalue weighted by molar-refractivity contribution is 7.99. The summed E-state index contributed by atoms with van der Waals surface area (Å²) in [5.74, 6) is 1.37. The topological polar surface area (TPSA) is 46.2 Å². The van der Waals surface area contributed by atoms with Crippen molar-refractivity contribution >= 4 is 11.8 Å². The average Bonchev–Trinajstić information content (AvgIpc) is 2.46. The van der Waals surface area contributed by atoms with Crippen molar-refractivity contribution in [2.24, 2.45) is 5.73 Å². The van der Waals surface area contributed by atoms with Gasteiger partial charge in [-0.3, -0.25) is 0 Å². The van der Waals surface area contributed by atoms with Gasteiger partial charge in [0, 0.05) is 10.9 Å². The lowest BCUT2D eigenvalue weighted by Crippen LogP contribution is -2.10. The zero-order chi connectivity index (χ0) is 14.4. The van der Waals surface area contributed by atoms with E-state index in [1.54, 1.807) is 12.1 Å². The third-order valence-corrected chi connectivity index (χ3v) is 4.37. The summed E-state index contributed by atoms with van der Waals surface area (Å²) in [7, 11) is 0. The summed E-state index contributed by atoms with van der Waals surface area (Å²) in [5.41, 5.74) is 8.53. The first-order valence-electron chi connectivity index (χ1n) is 6.89. The van der Waals surface area contributed by atoms with Gasteiger partial charge in [0.25, 0.3) is 0 Å². The maximum atomic E-state index is 9.25. The number of thioether (sulfide) groups is 1. The molecule has 3 N–H and O–H groups in total. The van der Waals surface area contributed by atoms with E-state index < -0.39 is 0 Å². The van der Waals surface area contributed by atoms with Crippen molar-refractivity contribution in [1.29, 1.82) is 0 Å². The lowest BCUT2D eigenvalue weighted by molar-refractivity contribution is 0.474. The Kier molecular flexibility index (Phi) is 5.50. The average molecular weight is 287 g/mol. The van der Waals surface area contributed by atoms with Crippen LogP contribution in [0.4, 0.5) is 0 Å². The molecule has 0 aliphatic heterocycles. The molecule has 0 amide bonds. The number of rotatable bonds is 6. The maximum Gasteiger partial charge on any atom is 0.115 e. The third-order valence-electron chi connectivity index (χ3n) is 3.27. The second-order valence-electron chi connectivity index (χ2n) is 5.00. The fourth-order valence-electron chi connectivity index (χ4n) is 2.02. The van der Waals surface area contributed by atoms with Crippen LogP contribution in [0, 0.1) is 6.92 Å². The van der Waals surface area contributed by atoms with Crippen LogP contribution in [0.5, 0.6) is 5.75 Å². The minimum absolute atomic E-state index is 0.0502. The molecule has 3 heteroatoms. The minimum Gasteiger partial charge on any atom is -0.508 e. The summed E-state index contributed by atoms with van der Waals surface area (Å²) in [4.78, 5) is 1.31. The van der Waals surface area contributed by atoms with E-state index in [9.17, 15) is 5.11 Å². The van der Waals surface area contributed by atoms with Crippen LogP contribution in [0.25, 0.3) is 0 Å². The van der Waals surface area contributed by atoms with E-state index in [2.05, 4.69) is 31.2 Å². The van der Waals surface area contributed by atoms with E-state index in [1.807, 2.05) is 23.9 Å². The molecule has 0 radical (unpaired) electrons. The molecule has 2 nitrogen and oxygen atoms in total. The van der Waals surface area contributed by atoms with E-state index in [4.69, 9.17) is 5.73 Å². The van der Waals surface area contributed by atoms with Crippen LogP contribution in [-0.2, 0) is 0 Å². The number of benzene rings is 2. The van der Waals surface area contributed by atoms with Crippen molar-refractivity contribution in [3.63, 3.8) is 0 Å². The molecule has 1 unspecified atom stereocenters. The molecule has 0 aliphatic carbocycles. The first-order valence-corrected chi connectivity index (χ1v) is 7.87. The highest BCUT2D eigenvalue weighted by atomic mass is 32.2. The van der Waals surface area contributed by atoms with Crippen LogP contribution in [-0.4, -0.2) is 10.9 Å². The predicted octanol–water partition coefficient (Wildman–Crippen LogP) is 4.27. The van der Waals surface area contributed by atoms with Gasteiger partial charge in [0.15, 0.2) is 0 Å². The minimum atomic E-state index is 0.0502. The number of aromatic hydroxyl groups is 1. The Hall–Kier alpha value is -1.45. The molecule has 0 bridgehead atoms. The first-order chi connectivity index (χ1) is 9.65.